The second-order valence-corrected chi connectivity index (χ2v) is 12.8. The summed E-state index contributed by atoms with van der Waals surface area (Å²) in [6.07, 6.45) is -0.668. The van der Waals surface area contributed by atoms with E-state index in [4.69, 9.17) is 0 Å². The van der Waals surface area contributed by atoms with Crippen LogP contribution in [0, 0.1) is 0 Å². The number of pyridine rings is 1. The van der Waals surface area contributed by atoms with E-state index in [2.05, 4.69) is 25.6 Å². The van der Waals surface area contributed by atoms with Crippen molar-refractivity contribution in [2.75, 3.05) is 28.2 Å². The highest BCUT2D eigenvalue weighted by Crippen LogP contribution is 2.35. The lowest BCUT2D eigenvalue weighted by atomic mass is 9.98. The standard InChI is InChI=1S/C28H30F3N6O4PS/c1-4-19-9-6-12-24(42(38)39)22(19)15-18-8-5-11-21(14-18)35-27-34-17-23(28(29,30)31)25(36-27)33-16-20-10-7-13-32-26(20)37(2)43(3,40)41/h5-14,17,42H,4,15-16H2,1-3H3,(H,38,39)(H2,33,34,35,36). The third-order valence-corrected chi connectivity index (χ3v) is 8.75. The van der Waals surface area contributed by atoms with E-state index in [1.807, 2.05) is 19.1 Å². The lowest BCUT2D eigenvalue weighted by molar-refractivity contribution is -0.137. The third kappa shape index (κ3) is 7.89. The number of hydrogen-bond donors (Lipinski definition) is 3. The summed E-state index contributed by atoms with van der Waals surface area (Å²) in [6, 6.07) is 15.4. The van der Waals surface area contributed by atoms with Gasteiger partial charge in [0.1, 0.15) is 17.2 Å². The summed E-state index contributed by atoms with van der Waals surface area (Å²) >= 11 is 0. The molecule has 3 N–H and O–H groups in total. The fourth-order valence-corrected chi connectivity index (χ4v) is 5.66. The van der Waals surface area contributed by atoms with Gasteiger partial charge in [0.2, 0.25) is 24.0 Å². The first-order chi connectivity index (χ1) is 20.3. The van der Waals surface area contributed by atoms with Gasteiger partial charge in [-0.05, 0) is 53.8 Å². The van der Waals surface area contributed by atoms with Gasteiger partial charge in [-0.15, -0.1) is 0 Å². The van der Waals surface area contributed by atoms with Crippen LogP contribution in [0.4, 0.5) is 36.4 Å². The largest absolute Gasteiger partial charge is 0.421 e. The highest BCUT2D eigenvalue weighted by atomic mass is 32.2. The first kappa shape index (κ1) is 31.9. The number of alkyl halides is 3. The first-order valence-corrected chi connectivity index (χ1v) is 16.2. The summed E-state index contributed by atoms with van der Waals surface area (Å²) < 4.78 is 78.5. The van der Waals surface area contributed by atoms with Crippen molar-refractivity contribution in [3.05, 3.63) is 94.8 Å². The molecular weight excluding hydrogens is 604 g/mol. The molecule has 2 aromatic heterocycles. The van der Waals surface area contributed by atoms with Crippen LogP contribution in [0.3, 0.4) is 0 Å². The predicted octanol–water partition coefficient (Wildman–Crippen LogP) is 4.89. The molecule has 15 heteroatoms. The highest BCUT2D eigenvalue weighted by Gasteiger charge is 2.35. The molecule has 0 radical (unpaired) electrons. The lowest BCUT2D eigenvalue weighted by Crippen LogP contribution is -2.27. The van der Waals surface area contributed by atoms with E-state index in [1.54, 1.807) is 42.5 Å². The number of anilines is 4. The monoisotopic (exact) mass is 634 g/mol. The quantitative estimate of drug-likeness (QED) is 0.197. The Morgan fingerprint density at radius 1 is 1.05 bits per heavy atom. The Kier molecular flexibility index (Phi) is 9.73. The van der Waals surface area contributed by atoms with Crippen LogP contribution in [0.5, 0.6) is 0 Å². The van der Waals surface area contributed by atoms with Gasteiger partial charge in [-0.25, -0.2) is 18.4 Å². The molecule has 0 saturated carbocycles. The van der Waals surface area contributed by atoms with Crippen molar-refractivity contribution in [1.82, 2.24) is 15.0 Å². The maximum absolute atomic E-state index is 13.8. The number of sulfonamides is 1. The molecule has 0 fully saturated rings. The Bertz CT molecular complexity index is 1750. The molecule has 43 heavy (non-hydrogen) atoms. The molecule has 0 aliphatic carbocycles. The van der Waals surface area contributed by atoms with Gasteiger partial charge in [0.15, 0.2) is 0 Å². The molecule has 0 amide bonds. The molecule has 0 saturated heterocycles. The molecule has 0 spiro atoms. The second kappa shape index (κ2) is 13.1. The number of hydrogen-bond acceptors (Lipinski definition) is 8. The Labute approximate surface area is 248 Å². The van der Waals surface area contributed by atoms with Gasteiger partial charge < -0.3 is 15.5 Å². The van der Waals surface area contributed by atoms with Crippen LogP contribution >= 0.6 is 8.03 Å². The summed E-state index contributed by atoms with van der Waals surface area (Å²) in [5.41, 5.74) is 2.25. The number of aromatic nitrogens is 3. The number of rotatable bonds is 11. The van der Waals surface area contributed by atoms with Crippen molar-refractivity contribution >= 4 is 46.6 Å². The van der Waals surface area contributed by atoms with Gasteiger partial charge in [-0.2, -0.15) is 18.2 Å². The summed E-state index contributed by atoms with van der Waals surface area (Å²) in [5.74, 6) is -0.551. The maximum Gasteiger partial charge on any atom is 0.421 e. The molecule has 2 aromatic carbocycles. The van der Waals surface area contributed by atoms with Crippen molar-refractivity contribution in [1.29, 1.82) is 0 Å². The van der Waals surface area contributed by atoms with E-state index in [0.29, 0.717) is 35.6 Å². The smallest absolute Gasteiger partial charge is 0.365 e. The van der Waals surface area contributed by atoms with Crippen molar-refractivity contribution in [2.24, 2.45) is 0 Å². The van der Waals surface area contributed by atoms with Crippen molar-refractivity contribution in [2.45, 2.75) is 32.5 Å². The van der Waals surface area contributed by atoms with E-state index in [0.717, 1.165) is 27.3 Å². The molecule has 1 atom stereocenters. The average Bonchev–Trinajstić information content (AvgIpc) is 2.95. The van der Waals surface area contributed by atoms with Crippen molar-refractivity contribution in [3.63, 3.8) is 0 Å². The van der Waals surface area contributed by atoms with Crippen LogP contribution < -0.4 is 20.2 Å². The Morgan fingerprint density at radius 3 is 2.44 bits per heavy atom. The number of halogens is 3. The second-order valence-electron chi connectivity index (χ2n) is 9.63. The van der Waals surface area contributed by atoms with E-state index in [1.165, 1.54) is 13.2 Å². The summed E-state index contributed by atoms with van der Waals surface area (Å²) in [5, 5.41) is 5.98. The normalized spacial score (nSPS) is 12.5. The van der Waals surface area contributed by atoms with Gasteiger partial charge in [0.25, 0.3) is 0 Å². The molecule has 4 rings (SSSR count). The van der Waals surface area contributed by atoms with Crippen LogP contribution in [0.1, 0.15) is 34.7 Å². The molecule has 1 unspecified atom stereocenters. The number of nitrogens with one attached hydrogen (secondary N) is 2. The molecule has 2 heterocycles. The van der Waals surface area contributed by atoms with E-state index in [-0.39, 0.29) is 18.3 Å². The minimum Gasteiger partial charge on any atom is -0.365 e. The third-order valence-electron chi connectivity index (χ3n) is 6.65. The highest BCUT2D eigenvalue weighted by molar-refractivity contribution is 7.92. The zero-order valence-corrected chi connectivity index (χ0v) is 25.3. The molecule has 0 aliphatic heterocycles. The molecule has 0 bridgehead atoms. The summed E-state index contributed by atoms with van der Waals surface area (Å²) in [4.78, 5) is 21.9. The van der Waals surface area contributed by atoms with Gasteiger partial charge in [-0.3, -0.25) is 8.87 Å². The molecular formula is C28H30F3N6O4PS. The minimum absolute atomic E-state index is 0.0644. The van der Waals surface area contributed by atoms with Crippen LogP contribution in [0.2, 0.25) is 0 Å². The van der Waals surface area contributed by atoms with E-state index < -0.39 is 35.6 Å². The van der Waals surface area contributed by atoms with Gasteiger partial charge in [-0.1, -0.05) is 37.3 Å². The maximum atomic E-state index is 13.8. The van der Waals surface area contributed by atoms with Gasteiger partial charge in [0.05, 0.1) is 6.26 Å². The zero-order valence-electron chi connectivity index (χ0n) is 23.5. The van der Waals surface area contributed by atoms with Crippen LogP contribution in [0.25, 0.3) is 0 Å². The molecule has 0 aliphatic rings. The Morgan fingerprint density at radius 2 is 1.77 bits per heavy atom. The minimum atomic E-state index is -4.76. The Balaban J connectivity index is 1.61. The number of aryl methyl sites for hydroxylation is 1. The van der Waals surface area contributed by atoms with Crippen LogP contribution in [-0.2, 0) is 40.2 Å². The molecule has 228 valence electrons. The van der Waals surface area contributed by atoms with E-state index in [9.17, 15) is 31.0 Å². The number of nitrogens with zero attached hydrogens (tertiary/aromatic N) is 4. The fraction of sp³-hybridized carbons (Fsp3) is 0.250. The molecule has 10 nitrogen and oxygen atoms in total. The zero-order chi connectivity index (χ0) is 31.4. The first-order valence-electron chi connectivity index (χ1n) is 13.0. The topological polar surface area (TPSA) is 137 Å². The predicted molar refractivity (Wildman–Crippen MR) is 161 cm³/mol. The van der Waals surface area contributed by atoms with Crippen LogP contribution in [0.15, 0.2) is 67.0 Å². The lowest BCUT2D eigenvalue weighted by Gasteiger charge is -2.20. The van der Waals surface area contributed by atoms with Crippen LogP contribution in [-0.4, -0.2) is 41.6 Å². The SMILES string of the molecule is CCc1cccc([PH](=O)O)c1Cc1cccc(Nc2ncc(C(F)(F)F)c(NCc3cccnc3N(C)S(C)(=O)=O)n2)c1. The summed E-state index contributed by atoms with van der Waals surface area (Å²) in [6.45, 7) is 1.76. The van der Waals surface area contributed by atoms with Crippen molar-refractivity contribution < 1.29 is 31.0 Å². The van der Waals surface area contributed by atoms with Gasteiger partial charge >= 0.3 is 6.18 Å². The van der Waals surface area contributed by atoms with Gasteiger partial charge in [0, 0.05) is 42.5 Å². The Hall–Kier alpha value is -4.00. The summed E-state index contributed by atoms with van der Waals surface area (Å²) in [7, 11) is -5.30. The van der Waals surface area contributed by atoms with Crippen molar-refractivity contribution in [3.8, 4) is 0 Å². The number of benzene rings is 2. The average molecular weight is 635 g/mol. The molecule has 4 aromatic rings. The fourth-order valence-electron chi connectivity index (χ4n) is 4.44. The van der Waals surface area contributed by atoms with E-state index >= 15 is 0 Å².